The molecule has 0 aliphatic carbocycles. The van der Waals surface area contributed by atoms with Crippen LogP contribution in [0.4, 0.5) is 0 Å². The molecule has 1 rings (SSSR count). The highest BCUT2D eigenvalue weighted by Crippen LogP contribution is 2.36. The summed E-state index contributed by atoms with van der Waals surface area (Å²) in [5, 5.41) is 8.96. The quantitative estimate of drug-likeness (QED) is 0.847. The summed E-state index contributed by atoms with van der Waals surface area (Å²) in [6, 6.07) is 2.51. The van der Waals surface area contributed by atoms with Gasteiger partial charge in [0, 0.05) is 11.2 Å². The number of hydrogen-bond acceptors (Lipinski definition) is 4. The molecule has 0 aliphatic heterocycles. The number of carboxylic acid groups (broad SMARTS) is 1. The number of thioether (sulfide) groups is 1. The molecule has 0 aromatic heterocycles. The topological polar surface area (TPSA) is 71.4 Å². The molecule has 0 aliphatic rings. The predicted octanol–water partition coefficient (Wildman–Crippen LogP) is 2.94. The summed E-state index contributed by atoms with van der Waals surface area (Å²) in [5.41, 5.74) is -0.0809. The van der Waals surface area contributed by atoms with Gasteiger partial charge in [0.05, 0.1) is 15.5 Å². The summed E-state index contributed by atoms with van der Waals surface area (Å²) in [6.45, 7) is 1.95. The molecule has 7 heteroatoms. The Kier molecular flexibility index (Phi) is 5.07. The molecule has 0 saturated heterocycles. The zero-order chi connectivity index (χ0) is 13.9. The molecule has 0 bridgehead atoms. The molecular weight excluding hydrogens is 296 g/mol. The molecule has 0 atom stereocenters. The summed E-state index contributed by atoms with van der Waals surface area (Å²) < 4.78 is 23.3. The predicted molar refractivity (Wildman–Crippen MR) is 72.5 cm³/mol. The van der Waals surface area contributed by atoms with Crippen LogP contribution >= 0.6 is 23.4 Å². The van der Waals surface area contributed by atoms with Crippen LogP contribution in [0.25, 0.3) is 0 Å². The van der Waals surface area contributed by atoms with Crippen LogP contribution in [-0.4, -0.2) is 31.5 Å². The monoisotopic (exact) mass is 308 g/mol. The lowest BCUT2D eigenvalue weighted by Gasteiger charge is -2.11. The van der Waals surface area contributed by atoms with Crippen LogP contribution in [0, 0.1) is 0 Å². The number of carbonyl (C=O) groups is 1. The Morgan fingerprint density at radius 2 is 2.06 bits per heavy atom. The second-order valence-corrected chi connectivity index (χ2v) is 7.15. The van der Waals surface area contributed by atoms with Crippen LogP contribution in [0.1, 0.15) is 23.7 Å². The van der Waals surface area contributed by atoms with Crippen molar-refractivity contribution in [3.05, 3.63) is 22.7 Å². The van der Waals surface area contributed by atoms with Crippen LogP contribution < -0.4 is 0 Å². The molecule has 0 spiro atoms. The lowest BCUT2D eigenvalue weighted by Crippen LogP contribution is -2.05. The maximum Gasteiger partial charge on any atom is 0.337 e. The third-order valence-electron chi connectivity index (χ3n) is 2.14. The van der Waals surface area contributed by atoms with E-state index in [2.05, 4.69) is 0 Å². The number of rotatable bonds is 5. The van der Waals surface area contributed by atoms with Gasteiger partial charge in [-0.1, -0.05) is 18.5 Å². The van der Waals surface area contributed by atoms with Crippen molar-refractivity contribution >= 4 is 39.2 Å². The Morgan fingerprint density at radius 3 is 2.50 bits per heavy atom. The molecule has 0 amide bonds. The smallest absolute Gasteiger partial charge is 0.337 e. The van der Waals surface area contributed by atoms with Gasteiger partial charge >= 0.3 is 5.97 Å². The highest BCUT2D eigenvalue weighted by atomic mass is 35.5. The van der Waals surface area contributed by atoms with E-state index in [1.54, 1.807) is 0 Å². The van der Waals surface area contributed by atoms with Crippen molar-refractivity contribution in [1.29, 1.82) is 0 Å². The first-order valence-electron chi connectivity index (χ1n) is 5.17. The fraction of sp³-hybridized carbons (Fsp3) is 0.364. The lowest BCUT2D eigenvalue weighted by molar-refractivity contribution is 0.0696. The van der Waals surface area contributed by atoms with Gasteiger partial charge in [0.15, 0.2) is 9.84 Å². The van der Waals surface area contributed by atoms with Gasteiger partial charge in [0.2, 0.25) is 0 Å². The molecule has 1 aromatic carbocycles. The van der Waals surface area contributed by atoms with Crippen LogP contribution in [0.3, 0.4) is 0 Å². The minimum Gasteiger partial charge on any atom is -0.478 e. The number of hydrogen-bond donors (Lipinski definition) is 1. The fourth-order valence-corrected chi connectivity index (χ4v) is 4.04. The van der Waals surface area contributed by atoms with Gasteiger partial charge in [-0.3, -0.25) is 0 Å². The maximum absolute atomic E-state index is 11.6. The molecule has 100 valence electrons. The number of sulfone groups is 1. The molecule has 0 unspecified atom stereocenters. The molecule has 0 fully saturated rings. The van der Waals surface area contributed by atoms with Gasteiger partial charge < -0.3 is 5.11 Å². The zero-order valence-electron chi connectivity index (χ0n) is 9.94. The standard InChI is InChI=1S/C11H13ClO4S2/c1-3-6-17-10-8(18(2,15)16)5-4-7(9(10)12)11(13)14/h4-5H,3,6H2,1-2H3,(H,13,14). The van der Waals surface area contributed by atoms with Crippen LogP contribution in [0.5, 0.6) is 0 Å². The van der Waals surface area contributed by atoms with E-state index in [0.29, 0.717) is 10.6 Å². The average molecular weight is 309 g/mol. The van der Waals surface area contributed by atoms with Crippen molar-refractivity contribution < 1.29 is 18.3 Å². The van der Waals surface area contributed by atoms with E-state index >= 15 is 0 Å². The summed E-state index contributed by atoms with van der Waals surface area (Å²) in [4.78, 5) is 11.4. The first kappa shape index (κ1) is 15.3. The summed E-state index contributed by atoms with van der Waals surface area (Å²) >= 11 is 7.24. The molecule has 0 radical (unpaired) electrons. The molecule has 1 aromatic rings. The fourth-order valence-electron chi connectivity index (χ4n) is 1.33. The zero-order valence-corrected chi connectivity index (χ0v) is 12.3. The summed E-state index contributed by atoms with van der Waals surface area (Å²) in [7, 11) is -3.43. The Labute approximate surface area is 115 Å². The molecule has 0 heterocycles. The van der Waals surface area contributed by atoms with Crippen LogP contribution in [0.15, 0.2) is 21.9 Å². The molecule has 18 heavy (non-hydrogen) atoms. The third-order valence-corrected chi connectivity index (χ3v) is 5.24. The SMILES string of the molecule is CCCSc1c(S(C)(=O)=O)ccc(C(=O)O)c1Cl. The van der Waals surface area contributed by atoms with Crippen molar-refractivity contribution in [2.24, 2.45) is 0 Å². The number of benzene rings is 1. The summed E-state index contributed by atoms with van der Waals surface area (Å²) in [6.07, 6.45) is 1.91. The van der Waals surface area contributed by atoms with Gasteiger partial charge in [0.25, 0.3) is 0 Å². The number of carboxylic acids is 1. The second kappa shape index (κ2) is 5.95. The Hall–Kier alpha value is -0.720. The van der Waals surface area contributed by atoms with Gasteiger partial charge in [-0.25, -0.2) is 13.2 Å². The lowest BCUT2D eigenvalue weighted by atomic mass is 10.2. The third kappa shape index (κ3) is 3.40. The van der Waals surface area contributed by atoms with Gasteiger partial charge in [-0.2, -0.15) is 0 Å². The maximum atomic E-state index is 11.6. The van der Waals surface area contributed by atoms with E-state index < -0.39 is 15.8 Å². The Bertz CT molecular complexity index is 567. The van der Waals surface area contributed by atoms with Crippen molar-refractivity contribution in [1.82, 2.24) is 0 Å². The van der Waals surface area contributed by atoms with Gasteiger partial charge in [0.1, 0.15) is 0 Å². The minimum atomic E-state index is -3.43. The van der Waals surface area contributed by atoms with Crippen molar-refractivity contribution in [3.8, 4) is 0 Å². The molecule has 1 N–H and O–H groups in total. The Morgan fingerprint density at radius 1 is 1.44 bits per heavy atom. The number of halogens is 1. The van der Waals surface area contributed by atoms with Crippen LogP contribution in [-0.2, 0) is 9.84 Å². The average Bonchev–Trinajstić information content (AvgIpc) is 2.25. The highest BCUT2D eigenvalue weighted by molar-refractivity contribution is 8.00. The largest absolute Gasteiger partial charge is 0.478 e. The van der Waals surface area contributed by atoms with Gasteiger partial charge in [-0.15, -0.1) is 11.8 Å². The normalized spacial score (nSPS) is 11.5. The highest BCUT2D eigenvalue weighted by Gasteiger charge is 2.21. The van der Waals surface area contributed by atoms with E-state index in [1.807, 2.05) is 6.92 Å². The minimum absolute atomic E-state index is 0.0103. The molecule has 4 nitrogen and oxygen atoms in total. The van der Waals surface area contributed by atoms with Crippen molar-refractivity contribution in [3.63, 3.8) is 0 Å². The van der Waals surface area contributed by atoms with Crippen molar-refractivity contribution in [2.45, 2.75) is 23.1 Å². The van der Waals surface area contributed by atoms with E-state index in [-0.39, 0.29) is 15.5 Å². The first-order valence-corrected chi connectivity index (χ1v) is 8.43. The van der Waals surface area contributed by atoms with Crippen LogP contribution in [0.2, 0.25) is 5.02 Å². The van der Waals surface area contributed by atoms with E-state index in [9.17, 15) is 13.2 Å². The van der Waals surface area contributed by atoms with Crippen molar-refractivity contribution in [2.75, 3.05) is 12.0 Å². The number of aromatic carboxylic acids is 1. The molecule has 0 saturated carbocycles. The first-order chi connectivity index (χ1) is 8.29. The Balaban J connectivity index is 3.46. The summed E-state index contributed by atoms with van der Waals surface area (Å²) in [5.74, 6) is -0.496. The second-order valence-electron chi connectivity index (χ2n) is 3.68. The van der Waals surface area contributed by atoms with E-state index in [1.165, 1.54) is 23.9 Å². The van der Waals surface area contributed by atoms with E-state index in [0.717, 1.165) is 12.7 Å². The van der Waals surface area contributed by atoms with Gasteiger partial charge in [-0.05, 0) is 24.3 Å². The molecular formula is C11H13ClO4S2. The van der Waals surface area contributed by atoms with E-state index in [4.69, 9.17) is 16.7 Å².